The molecule has 0 aromatic rings. The van der Waals surface area contributed by atoms with E-state index in [1.165, 1.54) is 0 Å². The third-order valence-electron chi connectivity index (χ3n) is 2.79. The number of nitrogens with two attached hydrogens (primary N) is 1. The molecule has 88 valence electrons. The lowest BCUT2D eigenvalue weighted by molar-refractivity contribution is -0.136. The van der Waals surface area contributed by atoms with Gasteiger partial charge >= 0.3 is 5.97 Å². The van der Waals surface area contributed by atoms with E-state index in [1.54, 1.807) is 0 Å². The van der Waals surface area contributed by atoms with E-state index in [2.05, 4.69) is 4.72 Å². The number of aliphatic carboxylic acids is 1. The fourth-order valence-electron chi connectivity index (χ4n) is 1.31. The first kappa shape index (κ1) is 12.4. The predicted molar refractivity (Wildman–Crippen MR) is 54.8 cm³/mol. The number of carboxylic acids is 1. The monoisotopic (exact) mass is 236 g/mol. The summed E-state index contributed by atoms with van der Waals surface area (Å²) >= 11 is 0. The predicted octanol–water partition coefficient (Wildman–Crippen LogP) is -0.740. The molecule has 0 spiro atoms. The Labute approximate surface area is 88.9 Å². The van der Waals surface area contributed by atoms with Crippen LogP contribution in [0.2, 0.25) is 0 Å². The summed E-state index contributed by atoms with van der Waals surface area (Å²) < 4.78 is 25.1. The summed E-state index contributed by atoms with van der Waals surface area (Å²) in [5.41, 5.74) is 5.33. The van der Waals surface area contributed by atoms with Crippen LogP contribution in [-0.4, -0.2) is 36.8 Å². The third-order valence-corrected chi connectivity index (χ3v) is 4.47. The number of sulfonamides is 1. The van der Waals surface area contributed by atoms with E-state index < -0.39 is 26.8 Å². The Bertz CT molecular complexity index is 348. The van der Waals surface area contributed by atoms with Gasteiger partial charge in [-0.25, -0.2) is 13.1 Å². The molecule has 1 aliphatic carbocycles. The first-order valence-corrected chi connectivity index (χ1v) is 6.32. The molecule has 0 aromatic heterocycles. The molecule has 1 unspecified atom stereocenters. The van der Waals surface area contributed by atoms with Gasteiger partial charge in [0.1, 0.15) is 0 Å². The Kier molecular flexibility index (Phi) is 3.37. The van der Waals surface area contributed by atoms with E-state index in [-0.39, 0.29) is 6.54 Å². The normalized spacial score (nSPS) is 21.7. The first-order valence-electron chi connectivity index (χ1n) is 4.77. The topological polar surface area (TPSA) is 109 Å². The zero-order chi connectivity index (χ0) is 11.7. The van der Waals surface area contributed by atoms with Crippen molar-refractivity contribution in [2.24, 2.45) is 5.73 Å². The Morgan fingerprint density at radius 3 is 2.47 bits per heavy atom. The van der Waals surface area contributed by atoms with Gasteiger partial charge in [-0.15, -0.1) is 0 Å². The summed E-state index contributed by atoms with van der Waals surface area (Å²) in [6, 6.07) is 0. The van der Waals surface area contributed by atoms with Crippen LogP contribution in [0.4, 0.5) is 0 Å². The van der Waals surface area contributed by atoms with E-state index in [0.717, 1.165) is 26.2 Å². The van der Waals surface area contributed by atoms with Crippen molar-refractivity contribution in [3.05, 3.63) is 0 Å². The Balaban J connectivity index is 2.53. The minimum atomic E-state index is -3.80. The van der Waals surface area contributed by atoms with Crippen LogP contribution in [0.5, 0.6) is 0 Å². The SMILES string of the molecule is CC(C(=O)O)S(=O)(=O)NCC1(N)CCC1. The van der Waals surface area contributed by atoms with Crippen molar-refractivity contribution in [2.75, 3.05) is 6.54 Å². The molecule has 1 atom stereocenters. The maximum atomic E-state index is 11.4. The molecule has 1 rings (SSSR count). The van der Waals surface area contributed by atoms with E-state index in [0.29, 0.717) is 0 Å². The van der Waals surface area contributed by atoms with Gasteiger partial charge in [-0.1, -0.05) is 0 Å². The van der Waals surface area contributed by atoms with Crippen LogP contribution in [0.1, 0.15) is 26.2 Å². The smallest absolute Gasteiger partial charge is 0.323 e. The molecule has 6 nitrogen and oxygen atoms in total. The second-order valence-corrected chi connectivity index (χ2v) is 6.15. The molecule has 7 heteroatoms. The maximum Gasteiger partial charge on any atom is 0.323 e. The van der Waals surface area contributed by atoms with Crippen LogP contribution < -0.4 is 10.5 Å². The van der Waals surface area contributed by atoms with Crippen LogP contribution in [0, 0.1) is 0 Å². The van der Waals surface area contributed by atoms with Crippen molar-refractivity contribution >= 4 is 16.0 Å². The average molecular weight is 236 g/mol. The number of hydrogen-bond donors (Lipinski definition) is 3. The molecular weight excluding hydrogens is 220 g/mol. The molecule has 0 radical (unpaired) electrons. The summed E-state index contributed by atoms with van der Waals surface area (Å²) in [4.78, 5) is 10.5. The second-order valence-electron chi connectivity index (χ2n) is 4.06. The fraction of sp³-hybridized carbons (Fsp3) is 0.875. The van der Waals surface area contributed by atoms with Gasteiger partial charge in [0, 0.05) is 12.1 Å². The van der Waals surface area contributed by atoms with Gasteiger partial charge in [-0.3, -0.25) is 4.79 Å². The van der Waals surface area contributed by atoms with Gasteiger partial charge in [0.25, 0.3) is 0 Å². The van der Waals surface area contributed by atoms with E-state index in [9.17, 15) is 13.2 Å². The summed E-state index contributed by atoms with van der Waals surface area (Å²) in [5, 5.41) is 7.12. The molecule has 0 aliphatic heterocycles. The van der Waals surface area contributed by atoms with Crippen molar-refractivity contribution in [2.45, 2.75) is 37.0 Å². The molecule has 0 bridgehead atoms. The molecule has 15 heavy (non-hydrogen) atoms. The zero-order valence-electron chi connectivity index (χ0n) is 8.56. The zero-order valence-corrected chi connectivity index (χ0v) is 9.38. The highest BCUT2D eigenvalue weighted by Gasteiger charge is 2.35. The molecule has 0 saturated heterocycles. The largest absolute Gasteiger partial charge is 0.480 e. The Morgan fingerprint density at radius 1 is 1.60 bits per heavy atom. The lowest BCUT2D eigenvalue weighted by Crippen LogP contribution is -2.56. The van der Waals surface area contributed by atoms with Crippen LogP contribution in [0.3, 0.4) is 0 Å². The Hall–Kier alpha value is -0.660. The minimum absolute atomic E-state index is 0.118. The average Bonchev–Trinajstić information content (AvgIpc) is 2.10. The molecule has 4 N–H and O–H groups in total. The number of nitrogens with one attached hydrogen (secondary N) is 1. The highest BCUT2D eigenvalue weighted by atomic mass is 32.2. The van der Waals surface area contributed by atoms with Gasteiger partial charge in [-0.05, 0) is 26.2 Å². The molecule has 0 aromatic carbocycles. The minimum Gasteiger partial charge on any atom is -0.480 e. The van der Waals surface area contributed by atoms with Crippen molar-refractivity contribution in [1.82, 2.24) is 4.72 Å². The van der Waals surface area contributed by atoms with Crippen LogP contribution in [0.15, 0.2) is 0 Å². The molecule has 1 fully saturated rings. The van der Waals surface area contributed by atoms with Gasteiger partial charge in [0.05, 0.1) is 0 Å². The van der Waals surface area contributed by atoms with Gasteiger partial charge in [-0.2, -0.15) is 0 Å². The molecule has 0 heterocycles. The number of carbonyl (C=O) groups is 1. The van der Waals surface area contributed by atoms with E-state index >= 15 is 0 Å². The lowest BCUT2D eigenvalue weighted by atomic mass is 9.78. The third kappa shape index (κ3) is 2.90. The van der Waals surface area contributed by atoms with Gasteiger partial charge in [0.2, 0.25) is 10.0 Å². The van der Waals surface area contributed by atoms with Gasteiger partial charge in [0.15, 0.2) is 5.25 Å². The van der Waals surface area contributed by atoms with Crippen molar-refractivity contribution < 1.29 is 18.3 Å². The molecule has 1 aliphatic rings. The summed E-state index contributed by atoms with van der Waals surface area (Å²) in [6.07, 6.45) is 2.54. The van der Waals surface area contributed by atoms with Crippen LogP contribution in [0.25, 0.3) is 0 Å². The maximum absolute atomic E-state index is 11.4. The molecule has 1 saturated carbocycles. The first-order chi connectivity index (χ1) is 6.77. The van der Waals surface area contributed by atoms with Crippen molar-refractivity contribution in [3.63, 3.8) is 0 Å². The number of rotatable bonds is 5. The van der Waals surface area contributed by atoms with Gasteiger partial charge < -0.3 is 10.8 Å². The van der Waals surface area contributed by atoms with Crippen LogP contribution in [-0.2, 0) is 14.8 Å². The molecular formula is C8H16N2O4S. The van der Waals surface area contributed by atoms with Crippen molar-refractivity contribution in [1.29, 1.82) is 0 Å². The second kappa shape index (κ2) is 4.07. The highest BCUT2D eigenvalue weighted by Crippen LogP contribution is 2.28. The fourth-order valence-corrected chi connectivity index (χ4v) is 2.31. The number of hydrogen-bond acceptors (Lipinski definition) is 4. The lowest BCUT2D eigenvalue weighted by Gasteiger charge is -2.38. The Morgan fingerprint density at radius 2 is 2.13 bits per heavy atom. The summed E-state index contributed by atoms with van der Waals surface area (Å²) in [6.45, 7) is 1.25. The van der Waals surface area contributed by atoms with Crippen LogP contribution >= 0.6 is 0 Å². The van der Waals surface area contributed by atoms with E-state index in [1.807, 2.05) is 0 Å². The standard InChI is InChI=1S/C8H16N2O4S/c1-6(7(11)12)15(13,14)10-5-8(9)3-2-4-8/h6,10H,2-5,9H2,1H3,(H,11,12). The van der Waals surface area contributed by atoms with E-state index in [4.69, 9.17) is 10.8 Å². The van der Waals surface area contributed by atoms with Crippen molar-refractivity contribution in [3.8, 4) is 0 Å². The quantitative estimate of drug-likeness (QED) is 0.582. The summed E-state index contributed by atoms with van der Waals surface area (Å²) in [5.74, 6) is -1.36. The highest BCUT2D eigenvalue weighted by molar-refractivity contribution is 7.90. The number of carboxylic acid groups (broad SMARTS) is 1. The molecule has 0 amide bonds. The summed E-state index contributed by atoms with van der Waals surface area (Å²) in [7, 11) is -3.80.